The Morgan fingerprint density at radius 1 is 1.21 bits per heavy atom. The number of allylic oxidation sites excluding steroid dienone is 2. The Balaban J connectivity index is 1.96. The van der Waals surface area contributed by atoms with E-state index in [-0.39, 0.29) is 23.3 Å². The van der Waals surface area contributed by atoms with Crippen molar-refractivity contribution >= 4 is 11.5 Å². The molecule has 3 rings (SSSR count). The van der Waals surface area contributed by atoms with Crippen LogP contribution in [0, 0.1) is 11.8 Å². The highest BCUT2D eigenvalue weighted by Gasteiger charge is 2.44. The summed E-state index contributed by atoms with van der Waals surface area (Å²) in [4.78, 5) is 12.3. The molecule has 1 amide bonds. The predicted molar refractivity (Wildman–Crippen MR) is 99.2 cm³/mol. The molecule has 3 heteroatoms. The maximum atomic E-state index is 12.3. The zero-order valence-electron chi connectivity index (χ0n) is 14.7. The molecule has 1 fully saturated rings. The Labute approximate surface area is 145 Å². The van der Waals surface area contributed by atoms with E-state index in [4.69, 9.17) is 5.73 Å². The van der Waals surface area contributed by atoms with Crippen molar-refractivity contribution in [3.63, 3.8) is 0 Å². The first-order valence-electron chi connectivity index (χ1n) is 9.06. The van der Waals surface area contributed by atoms with Crippen molar-refractivity contribution in [2.75, 3.05) is 0 Å². The number of hydrogen-bond donors (Lipinski definition) is 2. The third-order valence-electron chi connectivity index (χ3n) is 5.58. The van der Waals surface area contributed by atoms with Gasteiger partial charge in [0.2, 0.25) is 5.91 Å². The first-order valence-corrected chi connectivity index (χ1v) is 9.06. The molecule has 3 N–H and O–H groups in total. The molecule has 24 heavy (non-hydrogen) atoms. The number of amides is 1. The molecule has 128 valence electrons. The van der Waals surface area contributed by atoms with Gasteiger partial charge in [-0.15, -0.1) is 0 Å². The fraction of sp³-hybridized carbons (Fsp3) is 0.476. The number of hydrogen-bond acceptors (Lipinski definition) is 2. The number of benzene rings is 1. The van der Waals surface area contributed by atoms with E-state index >= 15 is 0 Å². The highest BCUT2D eigenvalue weighted by Crippen LogP contribution is 2.38. The van der Waals surface area contributed by atoms with Crippen LogP contribution in [-0.2, 0) is 4.79 Å². The van der Waals surface area contributed by atoms with Crippen molar-refractivity contribution in [3.05, 3.63) is 54.1 Å². The van der Waals surface area contributed by atoms with Crippen LogP contribution in [0.2, 0.25) is 0 Å². The lowest BCUT2D eigenvalue weighted by molar-refractivity contribution is -0.122. The molecule has 0 aromatic heterocycles. The van der Waals surface area contributed by atoms with Crippen molar-refractivity contribution in [2.45, 2.75) is 51.1 Å². The fourth-order valence-electron chi connectivity index (χ4n) is 4.12. The van der Waals surface area contributed by atoms with Gasteiger partial charge in [-0.05, 0) is 29.9 Å². The van der Waals surface area contributed by atoms with Gasteiger partial charge in [0.1, 0.15) is 0 Å². The van der Waals surface area contributed by atoms with Crippen molar-refractivity contribution in [1.29, 1.82) is 0 Å². The van der Waals surface area contributed by atoms with E-state index < -0.39 is 0 Å². The summed E-state index contributed by atoms with van der Waals surface area (Å²) in [7, 11) is 0. The summed E-state index contributed by atoms with van der Waals surface area (Å²) in [6, 6.07) is 10.7. The Bertz CT molecular complexity index is 641. The van der Waals surface area contributed by atoms with Gasteiger partial charge in [0, 0.05) is 6.04 Å². The second kappa shape index (κ2) is 6.94. The largest absolute Gasteiger partial charge is 0.369 e. The average molecular weight is 324 g/mol. The van der Waals surface area contributed by atoms with Gasteiger partial charge in [-0.25, -0.2) is 0 Å². The van der Waals surface area contributed by atoms with Crippen LogP contribution in [0.15, 0.2) is 48.6 Å². The molecule has 1 aromatic carbocycles. The van der Waals surface area contributed by atoms with Gasteiger partial charge in [0.25, 0.3) is 0 Å². The summed E-state index contributed by atoms with van der Waals surface area (Å²) >= 11 is 0. The van der Waals surface area contributed by atoms with E-state index in [1.165, 1.54) is 25.7 Å². The molecule has 2 unspecified atom stereocenters. The number of rotatable bonds is 5. The van der Waals surface area contributed by atoms with Gasteiger partial charge in [-0.3, -0.25) is 4.79 Å². The van der Waals surface area contributed by atoms with Crippen LogP contribution in [-0.4, -0.2) is 17.5 Å². The van der Waals surface area contributed by atoms with Gasteiger partial charge in [0.05, 0.1) is 11.5 Å². The molecule has 0 bridgehead atoms. The third kappa shape index (κ3) is 3.18. The van der Waals surface area contributed by atoms with Crippen LogP contribution in [0.4, 0.5) is 0 Å². The second-order valence-corrected chi connectivity index (χ2v) is 7.41. The van der Waals surface area contributed by atoms with Crippen molar-refractivity contribution in [2.24, 2.45) is 17.6 Å². The van der Waals surface area contributed by atoms with Gasteiger partial charge < -0.3 is 11.1 Å². The summed E-state index contributed by atoms with van der Waals surface area (Å²) in [6.07, 6.45) is 11.3. The first-order chi connectivity index (χ1) is 11.5. The third-order valence-corrected chi connectivity index (χ3v) is 5.58. The molecule has 0 spiro atoms. The van der Waals surface area contributed by atoms with Gasteiger partial charge in [0.15, 0.2) is 0 Å². The van der Waals surface area contributed by atoms with E-state index in [0.717, 1.165) is 11.1 Å². The summed E-state index contributed by atoms with van der Waals surface area (Å²) < 4.78 is 0. The van der Waals surface area contributed by atoms with Gasteiger partial charge in [-0.2, -0.15) is 0 Å². The summed E-state index contributed by atoms with van der Waals surface area (Å²) in [5, 5.41) is 3.80. The quantitative estimate of drug-likeness (QED) is 0.868. The average Bonchev–Trinajstić information content (AvgIpc) is 3.08. The lowest BCUT2D eigenvalue weighted by Crippen LogP contribution is -2.60. The van der Waals surface area contributed by atoms with Crippen molar-refractivity contribution in [1.82, 2.24) is 5.32 Å². The molecule has 2 aliphatic rings. The normalized spacial score (nSPS) is 27.5. The van der Waals surface area contributed by atoms with E-state index in [0.29, 0.717) is 6.04 Å². The van der Waals surface area contributed by atoms with Crippen LogP contribution in [0.3, 0.4) is 0 Å². The SMILES string of the molecule is CC(C)C1(NC2CCCC2)C=CC(c2ccccc2)=CC1C(N)=O. The van der Waals surface area contributed by atoms with Crippen LogP contribution in [0.25, 0.3) is 5.57 Å². The smallest absolute Gasteiger partial charge is 0.226 e. The lowest BCUT2D eigenvalue weighted by atomic mass is 9.70. The number of carbonyl (C=O) groups is 1. The number of primary amides is 1. The number of nitrogens with one attached hydrogen (secondary N) is 1. The van der Waals surface area contributed by atoms with Crippen LogP contribution in [0.5, 0.6) is 0 Å². The molecule has 0 radical (unpaired) electrons. The van der Waals surface area contributed by atoms with E-state index in [1.54, 1.807) is 0 Å². The first kappa shape index (κ1) is 17.0. The van der Waals surface area contributed by atoms with E-state index in [2.05, 4.69) is 49.5 Å². The maximum absolute atomic E-state index is 12.3. The molecule has 2 aliphatic carbocycles. The minimum atomic E-state index is -0.390. The minimum Gasteiger partial charge on any atom is -0.369 e. The van der Waals surface area contributed by atoms with E-state index in [1.807, 2.05) is 18.2 Å². The van der Waals surface area contributed by atoms with Gasteiger partial charge in [-0.1, -0.05) is 75.2 Å². The predicted octanol–water partition coefficient (Wildman–Crippen LogP) is 3.67. The summed E-state index contributed by atoms with van der Waals surface area (Å²) in [6.45, 7) is 4.34. The zero-order chi connectivity index (χ0) is 17.2. The molecular formula is C21H28N2O. The Kier molecular flexibility index (Phi) is 4.91. The lowest BCUT2D eigenvalue weighted by Gasteiger charge is -2.44. The molecule has 2 atom stereocenters. The molecule has 0 aliphatic heterocycles. The minimum absolute atomic E-state index is 0.257. The highest BCUT2D eigenvalue weighted by molar-refractivity contribution is 5.87. The Hall–Kier alpha value is -1.87. The van der Waals surface area contributed by atoms with Crippen LogP contribution < -0.4 is 11.1 Å². The molecule has 0 heterocycles. The molecule has 3 nitrogen and oxygen atoms in total. The topological polar surface area (TPSA) is 55.1 Å². The van der Waals surface area contributed by atoms with Crippen LogP contribution >= 0.6 is 0 Å². The Morgan fingerprint density at radius 3 is 2.46 bits per heavy atom. The molecule has 1 aromatic rings. The second-order valence-electron chi connectivity index (χ2n) is 7.41. The molecule has 0 saturated heterocycles. The standard InChI is InChI=1S/C21H28N2O/c1-15(2)21(23-18-10-6-7-11-18)13-12-17(14-19(21)20(22)24)16-8-4-3-5-9-16/h3-5,8-9,12-15,18-19,23H,6-7,10-11H2,1-2H3,(H2,22,24). The molecule has 1 saturated carbocycles. The van der Waals surface area contributed by atoms with Crippen LogP contribution in [0.1, 0.15) is 45.1 Å². The molecular weight excluding hydrogens is 296 g/mol. The number of nitrogens with two attached hydrogens (primary N) is 1. The number of carbonyl (C=O) groups excluding carboxylic acids is 1. The zero-order valence-corrected chi connectivity index (χ0v) is 14.7. The maximum Gasteiger partial charge on any atom is 0.226 e. The monoisotopic (exact) mass is 324 g/mol. The highest BCUT2D eigenvalue weighted by atomic mass is 16.1. The fourth-order valence-corrected chi connectivity index (χ4v) is 4.12. The summed E-state index contributed by atoms with van der Waals surface area (Å²) in [5.41, 5.74) is 7.64. The van der Waals surface area contributed by atoms with Gasteiger partial charge >= 0.3 is 0 Å². The summed E-state index contributed by atoms with van der Waals surface area (Å²) in [5.74, 6) is -0.314. The van der Waals surface area contributed by atoms with Crippen molar-refractivity contribution in [3.8, 4) is 0 Å². The van der Waals surface area contributed by atoms with Crippen molar-refractivity contribution < 1.29 is 4.79 Å². The van der Waals surface area contributed by atoms with E-state index in [9.17, 15) is 4.79 Å². The Morgan fingerprint density at radius 2 is 1.88 bits per heavy atom.